The number of para-hydroxylation sites is 1. The molecule has 0 aliphatic heterocycles. The summed E-state index contributed by atoms with van der Waals surface area (Å²) in [4.78, 5) is 11.9. The third-order valence-corrected chi connectivity index (χ3v) is 3.22. The molecule has 6 heteroatoms. The number of aromatic nitrogens is 2. The molecule has 1 aromatic carbocycles. The van der Waals surface area contributed by atoms with Gasteiger partial charge in [0.2, 0.25) is 0 Å². The molecular weight excluding hydrogens is 290 g/mol. The Morgan fingerprint density at radius 1 is 1.33 bits per heavy atom. The highest BCUT2D eigenvalue weighted by Gasteiger charge is 2.08. The van der Waals surface area contributed by atoms with Crippen molar-refractivity contribution in [3.8, 4) is 5.75 Å². The third-order valence-electron chi connectivity index (χ3n) is 2.85. The lowest BCUT2D eigenvalue weighted by Crippen LogP contribution is -2.24. The second-order valence-electron chi connectivity index (χ2n) is 4.49. The number of benzene rings is 1. The van der Waals surface area contributed by atoms with E-state index in [9.17, 15) is 4.79 Å². The summed E-state index contributed by atoms with van der Waals surface area (Å²) >= 11 is 6.05. The number of hydrogen-bond acceptors (Lipinski definition) is 4. The molecule has 0 amide bonds. The molecule has 21 heavy (non-hydrogen) atoms. The van der Waals surface area contributed by atoms with Crippen LogP contribution in [0.3, 0.4) is 0 Å². The van der Waals surface area contributed by atoms with Crippen LogP contribution in [-0.4, -0.2) is 22.9 Å². The van der Waals surface area contributed by atoms with E-state index in [1.807, 2.05) is 37.3 Å². The van der Waals surface area contributed by atoms with Crippen LogP contribution in [0.1, 0.15) is 13.3 Å². The van der Waals surface area contributed by atoms with Gasteiger partial charge in [0.15, 0.2) is 0 Å². The number of nitrogens with one attached hydrogen (secondary N) is 1. The molecule has 0 saturated heterocycles. The van der Waals surface area contributed by atoms with E-state index in [2.05, 4.69) is 10.4 Å². The van der Waals surface area contributed by atoms with Gasteiger partial charge in [0, 0.05) is 13.1 Å². The van der Waals surface area contributed by atoms with Crippen LogP contribution in [0.25, 0.3) is 0 Å². The fourth-order valence-electron chi connectivity index (χ4n) is 1.83. The summed E-state index contributed by atoms with van der Waals surface area (Å²) in [5, 5.41) is 7.31. The third kappa shape index (κ3) is 4.23. The molecule has 0 bridgehead atoms. The Bertz CT molecular complexity index is 629. The molecule has 0 spiro atoms. The Morgan fingerprint density at radius 2 is 2.10 bits per heavy atom. The maximum absolute atomic E-state index is 11.9. The smallest absolute Gasteiger partial charge is 0.287 e. The number of nitrogens with zero attached hydrogens (tertiary/aromatic N) is 2. The molecule has 0 unspecified atom stereocenters. The average molecular weight is 308 g/mol. The standard InChI is InChI=1S/C15H18ClN3O2/c1-2-9-19-15(20)14(16)13(11-18-19)17-8-10-21-12-6-4-3-5-7-12/h3-7,11,17H,2,8-10H2,1H3. The van der Waals surface area contributed by atoms with Gasteiger partial charge in [-0.05, 0) is 18.6 Å². The van der Waals surface area contributed by atoms with Gasteiger partial charge in [-0.3, -0.25) is 4.79 Å². The molecule has 5 nitrogen and oxygen atoms in total. The number of anilines is 1. The van der Waals surface area contributed by atoms with E-state index in [0.29, 0.717) is 25.4 Å². The Balaban J connectivity index is 1.89. The van der Waals surface area contributed by atoms with Crippen LogP contribution in [0.5, 0.6) is 5.75 Å². The molecule has 0 aliphatic rings. The molecular formula is C15H18ClN3O2. The lowest BCUT2D eigenvalue weighted by molar-refractivity contribution is 0.333. The highest BCUT2D eigenvalue weighted by molar-refractivity contribution is 6.32. The van der Waals surface area contributed by atoms with Crippen molar-refractivity contribution in [2.45, 2.75) is 19.9 Å². The Hall–Kier alpha value is -2.01. The molecule has 0 aliphatic carbocycles. The van der Waals surface area contributed by atoms with Gasteiger partial charge in [-0.2, -0.15) is 5.10 Å². The van der Waals surface area contributed by atoms with Gasteiger partial charge in [0.1, 0.15) is 17.4 Å². The molecule has 0 saturated carbocycles. The normalized spacial score (nSPS) is 10.4. The van der Waals surface area contributed by atoms with Gasteiger partial charge < -0.3 is 10.1 Å². The highest BCUT2D eigenvalue weighted by atomic mass is 35.5. The second-order valence-corrected chi connectivity index (χ2v) is 4.87. The minimum Gasteiger partial charge on any atom is -0.492 e. The van der Waals surface area contributed by atoms with Gasteiger partial charge in [-0.15, -0.1) is 0 Å². The van der Waals surface area contributed by atoms with Crippen LogP contribution < -0.4 is 15.6 Å². The quantitative estimate of drug-likeness (QED) is 0.799. The van der Waals surface area contributed by atoms with Crippen molar-refractivity contribution >= 4 is 17.3 Å². The summed E-state index contributed by atoms with van der Waals surface area (Å²) in [6.45, 7) is 3.55. The molecule has 2 aromatic rings. The summed E-state index contributed by atoms with van der Waals surface area (Å²) in [6.07, 6.45) is 2.41. The summed E-state index contributed by atoms with van der Waals surface area (Å²) in [7, 11) is 0. The molecule has 2 rings (SSSR count). The first-order valence-corrected chi connectivity index (χ1v) is 7.27. The zero-order chi connectivity index (χ0) is 15.1. The minimum atomic E-state index is -0.271. The number of ether oxygens (including phenoxy) is 1. The van der Waals surface area contributed by atoms with Gasteiger partial charge in [-0.1, -0.05) is 36.7 Å². The van der Waals surface area contributed by atoms with Crippen LogP contribution in [-0.2, 0) is 6.54 Å². The predicted octanol–water partition coefficient (Wildman–Crippen LogP) is 2.80. The van der Waals surface area contributed by atoms with Gasteiger partial charge in [-0.25, -0.2) is 4.68 Å². The number of aryl methyl sites for hydroxylation is 1. The lowest BCUT2D eigenvalue weighted by Gasteiger charge is -2.10. The Kier molecular flexibility index (Phi) is 5.63. The number of hydrogen-bond donors (Lipinski definition) is 1. The maximum atomic E-state index is 11.9. The molecule has 0 fully saturated rings. The zero-order valence-corrected chi connectivity index (χ0v) is 12.6. The van der Waals surface area contributed by atoms with E-state index in [-0.39, 0.29) is 10.6 Å². The minimum absolute atomic E-state index is 0.165. The molecule has 0 radical (unpaired) electrons. The van der Waals surface area contributed by atoms with Crippen LogP contribution in [0.15, 0.2) is 41.3 Å². The summed E-state index contributed by atoms with van der Waals surface area (Å²) < 4.78 is 6.92. The number of rotatable bonds is 7. The van der Waals surface area contributed by atoms with Crippen molar-refractivity contribution in [3.63, 3.8) is 0 Å². The van der Waals surface area contributed by atoms with Gasteiger partial charge in [0.05, 0.1) is 11.9 Å². The van der Waals surface area contributed by atoms with Crippen LogP contribution >= 0.6 is 11.6 Å². The monoisotopic (exact) mass is 307 g/mol. The first-order valence-electron chi connectivity index (χ1n) is 6.89. The number of halogens is 1. The van der Waals surface area contributed by atoms with Gasteiger partial charge >= 0.3 is 0 Å². The van der Waals surface area contributed by atoms with Crippen molar-refractivity contribution in [2.75, 3.05) is 18.5 Å². The summed E-state index contributed by atoms with van der Waals surface area (Å²) in [6, 6.07) is 9.54. The van der Waals surface area contributed by atoms with Crippen molar-refractivity contribution in [2.24, 2.45) is 0 Å². The average Bonchev–Trinajstić information content (AvgIpc) is 2.51. The maximum Gasteiger partial charge on any atom is 0.287 e. The van der Waals surface area contributed by atoms with E-state index in [0.717, 1.165) is 12.2 Å². The van der Waals surface area contributed by atoms with E-state index in [1.54, 1.807) is 6.20 Å². The SMILES string of the molecule is CCCn1ncc(NCCOc2ccccc2)c(Cl)c1=O. The summed E-state index contributed by atoms with van der Waals surface area (Å²) in [5.74, 6) is 0.807. The van der Waals surface area contributed by atoms with Crippen molar-refractivity contribution in [1.82, 2.24) is 9.78 Å². The molecule has 0 atom stereocenters. The predicted molar refractivity (Wildman–Crippen MR) is 84.2 cm³/mol. The largest absolute Gasteiger partial charge is 0.492 e. The van der Waals surface area contributed by atoms with Crippen molar-refractivity contribution in [3.05, 3.63) is 51.9 Å². The molecule has 1 aromatic heterocycles. The first kappa shape index (κ1) is 15.4. The lowest BCUT2D eigenvalue weighted by atomic mass is 10.3. The Morgan fingerprint density at radius 3 is 2.81 bits per heavy atom. The first-order chi connectivity index (χ1) is 10.2. The summed E-state index contributed by atoms with van der Waals surface area (Å²) in [5.41, 5.74) is 0.262. The Labute approximate surface area is 128 Å². The fourth-order valence-corrected chi connectivity index (χ4v) is 2.04. The van der Waals surface area contributed by atoms with Crippen molar-refractivity contribution < 1.29 is 4.74 Å². The van der Waals surface area contributed by atoms with E-state index in [4.69, 9.17) is 16.3 Å². The highest BCUT2D eigenvalue weighted by Crippen LogP contribution is 2.15. The van der Waals surface area contributed by atoms with E-state index >= 15 is 0 Å². The van der Waals surface area contributed by atoms with E-state index in [1.165, 1.54) is 4.68 Å². The van der Waals surface area contributed by atoms with Crippen LogP contribution in [0, 0.1) is 0 Å². The second kappa shape index (κ2) is 7.69. The van der Waals surface area contributed by atoms with E-state index < -0.39 is 0 Å². The van der Waals surface area contributed by atoms with Crippen LogP contribution in [0.2, 0.25) is 5.02 Å². The van der Waals surface area contributed by atoms with Gasteiger partial charge in [0.25, 0.3) is 5.56 Å². The zero-order valence-electron chi connectivity index (χ0n) is 11.9. The molecule has 1 heterocycles. The van der Waals surface area contributed by atoms with Crippen LogP contribution in [0.4, 0.5) is 5.69 Å². The molecule has 1 N–H and O–H groups in total. The molecule has 112 valence electrons. The van der Waals surface area contributed by atoms with Crippen molar-refractivity contribution in [1.29, 1.82) is 0 Å². The topological polar surface area (TPSA) is 56.1 Å². The fraction of sp³-hybridized carbons (Fsp3) is 0.333.